The van der Waals surface area contributed by atoms with Crippen molar-refractivity contribution in [2.75, 3.05) is 18.6 Å². The average molecular weight is 216 g/mol. The van der Waals surface area contributed by atoms with Crippen LogP contribution in [0.25, 0.3) is 11.3 Å². The average Bonchev–Trinajstić information content (AvgIpc) is 2.33. The Morgan fingerprint density at radius 3 is 2.31 bits per heavy atom. The summed E-state index contributed by atoms with van der Waals surface area (Å²) < 4.78 is 5.07. The molecule has 1 heterocycles. The van der Waals surface area contributed by atoms with E-state index in [0.29, 0.717) is 11.4 Å². The highest BCUT2D eigenvalue weighted by molar-refractivity contribution is 5.68. The van der Waals surface area contributed by atoms with Crippen molar-refractivity contribution in [1.82, 2.24) is 10.2 Å². The van der Waals surface area contributed by atoms with Crippen LogP contribution in [0.4, 0.5) is 11.5 Å². The van der Waals surface area contributed by atoms with E-state index in [-0.39, 0.29) is 5.82 Å². The molecule has 5 nitrogen and oxygen atoms in total. The molecular weight excluding hydrogens is 204 g/mol. The van der Waals surface area contributed by atoms with Gasteiger partial charge in [0.1, 0.15) is 5.75 Å². The summed E-state index contributed by atoms with van der Waals surface area (Å²) in [5.74, 6) is 1.04. The van der Waals surface area contributed by atoms with Gasteiger partial charge in [0, 0.05) is 5.56 Å². The van der Waals surface area contributed by atoms with Crippen LogP contribution in [0.2, 0.25) is 0 Å². The summed E-state index contributed by atoms with van der Waals surface area (Å²) in [6, 6.07) is 9.17. The molecule has 0 unspecified atom stereocenters. The second-order valence-corrected chi connectivity index (χ2v) is 3.30. The number of ether oxygens (including phenoxy) is 1. The Balaban J connectivity index is 2.38. The molecule has 4 N–H and O–H groups in total. The van der Waals surface area contributed by atoms with Gasteiger partial charge in [-0.1, -0.05) is 0 Å². The van der Waals surface area contributed by atoms with Crippen molar-refractivity contribution in [2.24, 2.45) is 0 Å². The van der Waals surface area contributed by atoms with Crippen molar-refractivity contribution in [2.45, 2.75) is 0 Å². The third-order valence-corrected chi connectivity index (χ3v) is 2.24. The van der Waals surface area contributed by atoms with E-state index in [1.807, 2.05) is 24.3 Å². The molecule has 0 aliphatic carbocycles. The Kier molecular flexibility index (Phi) is 2.59. The number of anilines is 2. The third-order valence-electron chi connectivity index (χ3n) is 2.24. The Labute approximate surface area is 93.1 Å². The van der Waals surface area contributed by atoms with Crippen molar-refractivity contribution in [3.8, 4) is 17.0 Å². The first-order valence-corrected chi connectivity index (χ1v) is 4.74. The van der Waals surface area contributed by atoms with Gasteiger partial charge in [-0.05, 0) is 30.3 Å². The molecule has 0 saturated carbocycles. The van der Waals surface area contributed by atoms with Gasteiger partial charge in [0.25, 0.3) is 0 Å². The molecule has 0 bridgehead atoms. The molecule has 0 amide bonds. The lowest BCUT2D eigenvalue weighted by Gasteiger charge is -2.04. The van der Waals surface area contributed by atoms with Crippen LogP contribution < -0.4 is 16.2 Å². The lowest BCUT2D eigenvalue weighted by atomic mass is 10.1. The molecular formula is C11H12N4O. The Morgan fingerprint density at radius 1 is 1.06 bits per heavy atom. The molecule has 0 aliphatic rings. The van der Waals surface area contributed by atoms with Crippen molar-refractivity contribution < 1.29 is 4.74 Å². The predicted molar refractivity (Wildman–Crippen MR) is 62.8 cm³/mol. The van der Waals surface area contributed by atoms with Gasteiger partial charge in [-0.3, -0.25) is 0 Å². The summed E-state index contributed by atoms with van der Waals surface area (Å²) in [4.78, 5) is 0. The Morgan fingerprint density at radius 2 is 1.75 bits per heavy atom. The fourth-order valence-corrected chi connectivity index (χ4v) is 1.32. The molecule has 0 spiro atoms. The molecule has 1 aromatic heterocycles. The van der Waals surface area contributed by atoms with E-state index in [1.165, 1.54) is 0 Å². The molecule has 5 heteroatoms. The van der Waals surface area contributed by atoms with E-state index in [4.69, 9.17) is 16.2 Å². The van der Waals surface area contributed by atoms with Crippen LogP contribution in [0.1, 0.15) is 0 Å². The number of rotatable bonds is 2. The standard InChI is InChI=1S/C11H12N4O/c1-16-8-4-2-7(3-5-8)10-6-9(12)11(13)15-14-10/h2-6H,1H3,(H2,12,14)(H2,13,15). The highest BCUT2D eigenvalue weighted by atomic mass is 16.5. The summed E-state index contributed by atoms with van der Waals surface area (Å²) in [6.07, 6.45) is 0. The van der Waals surface area contributed by atoms with Gasteiger partial charge in [0.15, 0.2) is 5.82 Å². The van der Waals surface area contributed by atoms with E-state index in [1.54, 1.807) is 13.2 Å². The van der Waals surface area contributed by atoms with Crippen LogP contribution in [0, 0.1) is 0 Å². The van der Waals surface area contributed by atoms with Crippen molar-refractivity contribution in [3.05, 3.63) is 30.3 Å². The van der Waals surface area contributed by atoms with Crippen LogP contribution in [0.15, 0.2) is 30.3 Å². The molecule has 16 heavy (non-hydrogen) atoms. The van der Waals surface area contributed by atoms with Crippen LogP contribution >= 0.6 is 0 Å². The lowest BCUT2D eigenvalue weighted by molar-refractivity contribution is 0.415. The first-order valence-electron chi connectivity index (χ1n) is 4.74. The second-order valence-electron chi connectivity index (χ2n) is 3.30. The topological polar surface area (TPSA) is 87.0 Å². The van der Waals surface area contributed by atoms with E-state index in [0.717, 1.165) is 11.3 Å². The van der Waals surface area contributed by atoms with Crippen molar-refractivity contribution in [3.63, 3.8) is 0 Å². The molecule has 0 saturated heterocycles. The number of nitrogens with zero attached hydrogens (tertiary/aromatic N) is 2. The van der Waals surface area contributed by atoms with Crippen molar-refractivity contribution >= 4 is 11.5 Å². The van der Waals surface area contributed by atoms with Gasteiger partial charge in [-0.25, -0.2) is 0 Å². The minimum absolute atomic E-state index is 0.247. The maximum absolute atomic E-state index is 5.66. The van der Waals surface area contributed by atoms with Crippen LogP contribution in [0.5, 0.6) is 5.75 Å². The summed E-state index contributed by atoms with van der Waals surface area (Å²) in [5, 5.41) is 7.74. The third kappa shape index (κ3) is 1.88. The van der Waals surface area contributed by atoms with Crippen molar-refractivity contribution in [1.29, 1.82) is 0 Å². The zero-order chi connectivity index (χ0) is 11.5. The highest BCUT2D eigenvalue weighted by Gasteiger charge is 2.03. The zero-order valence-corrected chi connectivity index (χ0v) is 8.84. The number of nitrogens with two attached hydrogens (primary N) is 2. The number of aromatic nitrogens is 2. The second kappa shape index (κ2) is 4.06. The Bertz CT molecular complexity index is 496. The SMILES string of the molecule is COc1ccc(-c2cc(N)c(N)nn2)cc1. The number of nitrogen functional groups attached to an aromatic ring is 2. The zero-order valence-electron chi connectivity index (χ0n) is 8.84. The molecule has 0 fully saturated rings. The molecule has 1 aromatic carbocycles. The molecule has 2 aromatic rings. The van der Waals surface area contributed by atoms with Gasteiger partial charge in [-0.2, -0.15) is 0 Å². The number of benzene rings is 1. The van der Waals surface area contributed by atoms with Gasteiger partial charge < -0.3 is 16.2 Å². The largest absolute Gasteiger partial charge is 0.497 e. The monoisotopic (exact) mass is 216 g/mol. The normalized spacial score (nSPS) is 10.1. The number of methoxy groups -OCH3 is 1. The van der Waals surface area contributed by atoms with Gasteiger partial charge in [-0.15, -0.1) is 10.2 Å². The first-order chi connectivity index (χ1) is 7.70. The minimum Gasteiger partial charge on any atom is -0.497 e. The van der Waals surface area contributed by atoms with Gasteiger partial charge >= 0.3 is 0 Å². The van der Waals surface area contributed by atoms with E-state index in [9.17, 15) is 0 Å². The lowest BCUT2D eigenvalue weighted by Crippen LogP contribution is -2.00. The molecule has 0 atom stereocenters. The van der Waals surface area contributed by atoms with Gasteiger partial charge in [0.2, 0.25) is 0 Å². The molecule has 0 aliphatic heterocycles. The first kappa shape index (κ1) is 10.2. The van der Waals surface area contributed by atoms with Crippen LogP contribution in [0.3, 0.4) is 0 Å². The summed E-state index contributed by atoms with van der Waals surface area (Å²) >= 11 is 0. The maximum atomic E-state index is 5.66. The fourth-order valence-electron chi connectivity index (χ4n) is 1.32. The van der Waals surface area contributed by atoms with Gasteiger partial charge in [0.05, 0.1) is 18.5 Å². The quantitative estimate of drug-likeness (QED) is 0.790. The summed E-state index contributed by atoms with van der Waals surface area (Å²) in [7, 11) is 1.62. The van der Waals surface area contributed by atoms with E-state index in [2.05, 4.69) is 10.2 Å². The highest BCUT2D eigenvalue weighted by Crippen LogP contribution is 2.22. The smallest absolute Gasteiger partial charge is 0.169 e. The molecule has 82 valence electrons. The maximum Gasteiger partial charge on any atom is 0.169 e. The van der Waals surface area contributed by atoms with E-state index < -0.39 is 0 Å². The number of hydrogen-bond donors (Lipinski definition) is 2. The summed E-state index contributed by atoms with van der Waals surface area (Å²) in [6.45, 7) is 0. The summed E-state index contributed by atoms with van der Waals surface area (Å²) in [5.41, 5.74) is 13.2. The van der Waals surface area contributed by atoms with Crippen LogP contribution in [-0.2, 0) is 0 Å². The Hall–Kier alpha value is -2.30. The fraction of sp³-hybridized carbons (Fsp3) is 0.0909. The predicted octanol–water partition coefficient (Wildman–Crippen LogP) is 1.32. The van der Waals surface area contributed by atoms with E-state index >= 15 is 0 Å². The molecule has 0 radical (unpaired) electrons. The minimum atomic E-state index is 0.247. The van der Waals surface area contributed by atoms with Crippen LogP contribution in [-0.4, -0.2) is 17.3 Å². The number of hydrogen-bond acceptors (Lipinski definition) is 5. The molecule has 2 rings (SSSR count).